The van der Waals surface area contributed by atoms with Crippen LogP contribution in [0.15, 0.2) is 4.40 Å². The van der Waals surface area contributed by atoms with Gasteiger partial charge in [0.05, 0.1) is 0 Å². The topological polar surface area (TPSA) is 12.4 Å². The van der Waals surface area contributed by atoms with Crippen LogP contribution in [0.1, 0.15) is 6.92 Å². The zero-order valence-electron chi connectivity index (χ0n) is 3.43. The summed E-state index contributed by atoms with van der Waals surface area (Å²) in [5.74, 6) is 0. The highest BCUT2D eigenvalue weighted by atomic mass is 32.2. The summed E-state index contributed by atoms with van der Waals surface area (Å²) in [5, 5.41) is 0. The standard InChI is InChI=1S/C3H7NS/c1-3-4-5-2/h3H,1-2H3. The highest BCUT2D eigenvalue weighted by Crippen LogP contribution is 1.87. The van der Waals surface area contributed by atoms with Crippen LogP contribution in [0.5, 0.6) is 0 Å². The van der Waals surface area contributed by atoms with Crippen LogP contribution in [0, 0.1) is 0 Å². The Bertz CT molecular complexity index is 33.9. The fourth-order valence-corrected chi connectivity index (χ4v) is 0.316. The first-order chi connectivity index (χ1) is 2.41. The average molecular weight is 89.2 g/mol. The van der Waals surface area contributed by atoms with Crippen LogP contribution >= 0.6 is 11.9 Å². The molecule has 0 rings (SSSR count). The Morgan fingerprint density at radius 2 is 2.40 bits per heavy atom. The van der Waals surface area contributed by atoms with Gasteiger partial charge in [-0.1, -0.05) is 0 Å². The molecule has 0 saturated carbocycles. The highest BCUT2D eigenvalue weighted by molar-refractivity contribution is 7.97. The predicted molar refractivity (Wildman–Crippen MR) is 27.7 cm³/mol. The quantitative estimate of drug-likeness (QED) is 0.349. The van der Waals surface area contributed by atoms with Gasteiger partial charge in [-0.25, -0.2) is 4.40 Å². The summed E-state index contributed by atoms with van der Waals surface area (Å²) in [6.07, 6.45) is 3.70. The fraction of sp³-hybridized carbons (Fsp3) is 0.667. The maximum atomic E-state index is 3.76. The summed E-state index contributed by atoms with van der Waals surface area (Å²) in [6, 6.07) is 0. The lowest BCUT2D eigenvalue weighted by molar-refractivity contribution is 1.88. The van der Waals surface area contributed by atoms with Gasteiger partial charge >= 0.3 is 0 Å². The van der Waals surface area contributed by atoms with Crippen molar-refractivity contribution < 1.29 is 0 Å². The molecule has 5 heavy (non-hydrogen) atoms. The molecule has 0 radical (unpaired) electrons. The molecule has 0 unspecified atom stereocenters. The maximum Gasteiger partial charge on any atom is 0.00946 e. The van der Waals surface area contributed by atoms with Gasteiger partial charge in [0.1, 0.15) is 0 Å². The van der Waals surface area contributed by atoms with Gasteiger partial charge in [-0.05, 0) is 18.9 Å². The summed E-state index contributed by atoms with van der Waals surface area (Å²) in [5.41, 5.74) is 0. The zero-order chi connectivity index (χ0) is 4.12. The van der Waals surface area contributed by atoms with Crippen molar-refractivity contribution in [3.8, 4) is 0 Å². The Morgan fingerprint density at radius 3 is 2.40 bits per heavy atom. The van der Waals surface area contributed by atoms with E-state index in [1.807, 2.05) is 13.2 Å². The minimum Gasteiger partial charge on any atom is -0.230 e. The molecule has 2 heteroatoms. The van der Waals surface area contributed by atoms with Gasteiger partial charge in [-0.2, -0.15) is 0 Å². The van der Waals surface area contributed by atoms with Crippen LogP contribution in [0.3, 0.4) is 0 Å². The molecule has 0 aromatic carbocycles. The fourth-order valence-electron chi connectivity index (χ4n) is 0.105. The average Bonchev–Trinajstić information content (AvgIpc) is 1.41. The molecule has 0 aliphatic rings. The molecule has 30 valence electrons. The van der Waals surface area contributed by atoms with E-state index in [0.717, 1.165) is 0 Å². The van der Waals surface area contributed by atoms with E-state index in [-0.39, 0.29) is 0 Å². The largest absolute Gasteiger partial charge is 0.230 e. The molecule has 0 heterocycles. The first-order valence-electron chi connectivity index (χ1n) is 1.43. The summed E-state index contributed by atoms with van der Waals surface area (Å²) in [4.78, 5) is 0. The van der Waals surface area contributed by atoms with Crippen LogP contribution in [0.25, 0.3) is 0 Å². The van der Waals surface area contributed by atoms with E-state index in [4.69, 9.17) is 0 Å². The van der Waals surface area contributed by atoms with Gasteiger partial charge in [-0.3, -0.25) is 0 Å². The molecule has 0 atom stereocenters. The molecule has 0 N–H and O–H groups in total. The number of hydrogen-bond acceptors (Lipinski definition) is 2. The van der Waals surface area contributed by atoms with Gasteiger partial charge in [0.2, 0.25) is 0 Å². The second-order valence-corrected chi connectivity index (χ2v) is 1.12. The van der Waals surface area contributed by atoms with Gasteiger partial charge in [-0.15, -0.1) is 0 Å². The lowest BCUT2D eigenvalue weighted by atomic mass is 10.9. The van der Waals surface area contributed by atoms with E-state index in [2.05, 4.69) is 4.40 Å². The Kier molecular flexibility index (Phi) is 4.04. The number of nitrogens with zero attached hydrogens (tertiary/aromatic N) is 1. The predicted octanol–water partition coefficient (Wildman–Crippen LogP) is 1.36. The van der Waals surface area contributed by atoms with E-state index in [0.29, 0.717) is 0 Å². The van der Waals surface area contributed by atoms with Gasteiger partial charge < -0.3 is 0 Å². The molecule has 0 bridgehead atoms. The van der Waals surface area contributed by atoms with Crippen molar-refractivity contribution in [1.29, 1.82) is 0 Å². The SMILES string of the molecule is CC=NSC. The first-order valence-corrected chi connectivity index (χ1v) is 2.61. The van der Waals surface area contributed by atoms with Crippen molar-refractivity contribution in [3.05, 3.63) is 0 Å². The Labute approximate surface area is 36.6 Å². The van der Waals surface area contributed by atoms with Crippen molar-refractivity contribution in [3.63, 3.8) is 0 Å². The van der Waals surface area contributed by atoms with E-state index in [1.54, 1.807) is 6.21 Å². The minimum absolute atomic E-state index is 1.47. The molecule has 1 nitrogen and oxygen atoms in total. The highest BCUT2D eigenvalue weighted by Gasteiger charge is 1.51. The van der Waals surface area contributed by atoms with E-state index in [1.165, 1.54) is 11.9 Å². The molecule has 0 spiro atoms. The maximum absolute atomic E-state index is 3.76. The first kappa shape index (κ1) is 5.02. The zero-order valence-corrected chi connectivity index (χ0v) is 4.25. The van der Waals surface area contributed by atoms with Crippen molar-refractivity contribution in [2.24, 2.45) is 4.40 Å². The van der Waals surface area contributed by atoms with Crippen LogP contribution in [-0.4, -0.2) is 12.5 Å². The molecular weight excluding hydrogens is 82.1 g/mol. The molecule has 0 fully saturated rings. The molecule has 0 amide bonds. The third-order valence-corrected chi connectivity index (χ3v) is 0.632. The van der Waals surface area contributed by atoms with Crippen molar-refractivity contribution in [2.45, 2.75) is 6.92 Å². The molecule has 0 aliphatic carbocycles. The number of rotatable bonds is 1. The van der Waals surface area contributed by atoms with Gasteiger partial charge in [0.25, 0.3) is 0 Å². The van der Waals surface area contributed by atoms with Crippen LogP contribution in [-0.2, 0) is 0 Å². The Balaban J connectivity index is 2.62. The van der Waals surface area contributed by atoms with Crippen LogP contribution in [0.2, 0.25) is 0 Å². The molecule has 0 saturated heterocycles. The number of hydrogen-bond donors (Lipinski definition) is 0. The lowest BCUT2D eigenvalue weighted by Crippen LogP contribution is -1.46. The Hall–Kier alpha value is 0.0200. The third kappa shape index (κ3) is 4.02. The second kappa shape index (κ2) is 4.02. The van der Waals surface area contributed by atoms with E-state index >= 15 is 0 Å². The van der Waals surface area contributed by atoms with E-state index in [9.17, 15) is 0 Å². The lowest BCUT2D eigenvalue weighted by Gasteiger charge is -1.66. The van der Waals surface area contributed by atoms with E-state index < -0.39 is 0 Å². The van der Waals surface area contributed by atoms with Crippen molar-refractivity contribution in [1.82, 2.24) is 0 Å². The van der Waals surface area contributed by atoms with Crippen LogP contribution in [0.4, 0.5) is 0 Å². The molecular formula is C3H7NS. The monoisotopic (exact) mass is 89.0 g/mol. The smallest absolute Gasteiger partial charge is 0.00946 e. The molecule has 0 aromatic rings. The summed E-state index contributed by atoms with van der Waals surface area (Å²) < 4.78 is 3.76. The second-order valence-electron chi connectivity index (χ2n) is 0.546. The van der Waals surface area contributed by atoms with Crippen LogP contribution < -0.4 is 0 Å². The summed E-state index contributed by atoms with van der Waals surface area (Å²) in [7, 11) is 0. The normalized spacial score (nSPS) is 10.0. The minimum atomic E-state index is 1.47. The molecule has 0 aromatic heterocycles. The molecule has 0 aliphatic heterocycles. The van der Waals surface area contributed by atoms with Crippen molar-refractivity contribution in [2.75, 3.05) is 6.26 Å². The third-order valence-electron chi connectivity index (χ3n) is 0.211. The summed E-state index contributed by atoms with van der Waals surface area (Å²) in [6.45, 7) is 1.90. The summed E-state index contributed by atoms with van der Waals surface area (Å²) >= 11 is 1.47. The van der Waals surface area contributed by atoms with Crippen molar-refractivity contribution >= 4 is 18.2 Å². The van der Waals surface area contributed by atoms with Gasteiger partial charge in [0.15, 0.2) is 0 Å². The Morgan fingerprint density at radius 1 is 1.80 bits per heavy atom. The van der Waals surface area contributed by atoms with Gasteiger partial charge in [0, 0.05) is 12.5 Å².